The average molecular weight is 185 g/mol. The first-order valence-corrected chi connectivity index (χ1v) is 4.17. The van der Waals surface area contributed by atoms with E-state index in [-0.39, 0.29) is 5.97 Å². The SMILES string of the molecule is CC(=O)OC12CCC1(C(=O)ON)C2. The molecule has 0 aliphatic heterocycles. The molecule has 0 saturated heterocycles. The van der Waals surface area contributed by atoms with Gasteiger partial charge in [0.15, 0.2) is 0 Å². The van der Waals surface area contributed by atoms with Crippen molar-refractivity contribution in [2.75, 3.05) is 0 Å². The van der Waals surface area contributed by atoms with Crippen LogP contribution < -0.4 is 5.90 Å². The second-order valence-electron chi connectivity index (χ2n) is 3.75. The fraction of sp³-hybridized carbons (Fsp3) is 0.750. The molecular formula is C8H11NO4. The van der Waals surface area contributed by atoms with Gasteiger partial charge in [-0.2, -0.15) is 5.90 Å². The van der Waals surface area contributed by atoms with Gasteiger partial charge >= 0.3 is 11.9 Å². The number of nitrogens with two attached hydrogens (primary N) is 1. The summed E-state index contributed by atoms with van der Waals surface area (Å²) in [7, 11) is 0. The minimum Gasteiger partial charge on any atom is -0.458 e. The van der Waals surface area contributed by atoms with Crippen molar-refractivity contribution in [3.63, 3.8) is 0 Å². The number of hydrogen-bond acceptors (Lipinski definition) is 5. The Balaban J connectivity index is 2.08. The minimum atomic E-state index is -0.604. The number of ether oxygens (including phenoxy) is 1. The Labute approximate surface area is 75.1 Å². The Hall–Kier alpha value is -1.10. The van der Waals surface area contributed by atoms with E-state index >= 15 is 0 Å². The zero-order chi connectivity index (χ0) is 9.69. The highest BCUT2D eigenvalue weighted by Crippen LogP contribution is 2.73. The molecule has 2 saturated carbocycles. The van der Waals surface area contributed by atoms with Crippen molar-refractivity contribution in [2.45, 2.75) is 31.8 Å². The molecule has 2 aliphatic carbocycles. The van der Waals surface area contributed by atoms with Crippen LogP contribution in [-0.2, 0) is 19.2 Å². The third-order valence-electron chi connectivity index (χ3n) is 3.13. The Bertz CT molecular complexity index is 290. The van der Waals surface area contributed by atoms with E-state index in [1.54, 1.807) is 0 Å². The molecule has 2 rings (SSSR count). The van der Waals surface area contributed by atoms with Crippen molar-refractivity contribution >= 4 is 11.9 Å². The molecule has 2 N–H and O–H groups in total. The number of esters is 1. The molecular weight excluding hydrogens is 174 g/mol. The van der Waals surface area contributed by atoms with Crippen LogP contribution in [0.5, 0.6) is 0 Å². The van der Waals surface area contributed by atoms with Gasteiger partial charge < -0.3 is 9.57 Å². The van der Waals surface area contributed by atoms with Crippen LogP contribution in [0.4, 0.5) is 0 Å². The first kappa shape index (κ1) is 8.50. The largest absolute Gasteiger partial charge is 0.458 e. The molecule has 0 spiro atoms. The molecule has 5 heteroatoms. The summed E-state index contributed by atoms with van der Waals surface area (Å²) < 4.78 is 5.08. The van der Waals surface area contributed by atoms with Gasteiger partial charge in [-0.25, -0.2) is 4.79 Å². The lowest BCUT2D eigenvalue weighted by atomic mass is 9.81. The van der Waals surface area contributed by atoms with Crippen LogP contribution in [-0.4, -0.2) is 17.5 Å². The highest BCUT2D eigenvalue weighted by Gasteiger charge is 2.82. The third kappa shape index (κ3) is 0.848. The van der Waals surface area contributed by atoms with Crippen LogP contribution in [0.3, 0.4) is 0 Å². The van der Waals surface area contributed by atoms with Crippen LogP contribution in [0.1, 0.15) is 26.2 Å². The van der Waals surface area contributed by atoms with Crippen molar-refractivity contribution in [3.8, 4) is 0 Å². The summed E-state index contributed by atoms with van der Waals surface area (Å²) in [5.41, 5.74) is -1.18. The highest BCUT2D eigenvalue weighted by atomic mass is 16.7. The predicted molar refractivity (Wildman–Crippen MR) is 41.1 cm³/mol. The molecule has 2 atom stereocenters. The number of fused-ring (bicyclic) bond motifs is 1. The fourth-order valence-corrected chi connectivity index (χ4v) is 2.26. The van der Waals surface area contributed by atoms with Crippen molar-refractivity contribution in [1.82, 2.24) is 0 Å². The summed E-state index contributed by atoms with van der Waals surface area (Å²) in [4.78, 5) is 26.1. The van der Waals surface area contributed by atoms with E-state index < -0.39 is 17.0 Å². The van der Waals surface area contributed by atoms with Gasteiger partial charge in [0.2, 0.25) is 0 Å². The summed E-state index contributed by atoms with van der Waals surface area (Å²) in [6, 6.07) is 0. The molecule has 13 heavy (non-hydrogen) atoms. The number of carbonyl (C=O) groups excluding carboxylic acids is 2. The van der Waals surface area contributed by atoms with Gasteiger partial charge in [0.05, 0.1) is 0 Å². The lowest BCUT2D eigenvalue weighted by Crippen LogP contribution is -2.42. The molecule has 2 unspecified atom stereocenters. The molecule has 0 aromatic carbocycles. The van der Waals surface area contributed by atoms with Gasteiger partial charge in [-0.3, -0.25) is 4.79 Å². The maximum atomic E-state index is 11.2. The van der Waals surface area contributed by atoms with Crippen LogP contribution in [0, 0.1) is 5.41 Å². The quantitative estimate of drug-likeness (QED) is 0.479. The van der Waals surface area contributed by atoms with E-state index in [9.17, 15) is 9.59 Å². The van der Waals surface area contributed by atoms with Crippen molar-refractivity contribution in [2.24, 2.45) is 11.3 Å². The number of hydrogen-bond donors (Lipinski definition) is 1. The lowest BCUT2D eigenvalue weighted by molar-refractivity contribution is -0.170. The van der Waals surface area contributed by atoms with E-state index in [1.165, 1.54) is 6.92 Å². The number of rotatable bonds is 2. The van der Waals surface area contributed by atoms with Gasteiger partial charge in [0.1, 0.15) is 11.0 Å². The van der Waals surface area contributed by atoms with Gasteiger partial charge in [-0.15, -0.1) is 0 Å². The Morgan fingerprint density at radius 2 is 2.08 bits per heavy atom. The Morgan fingerprint density at radius 1 is 1.38 bits per heavy atom. The summed E-state index contributed by atoms with van der Waals surface area (Å²) in [5, 5.41) is 0. The van der Waals surface area contributed by atoms with E-state index in [2.05, 4.69) is 4.84 Å². The summed E-state index contributed by atoms with van der Waals surface area (Å²) in [5.74, 6) is 3.98. The van der Waals surface area contributed by atoms with E-state index in [1.807, 2.05) is 0 Å². The molecule has 0 amide bonds. The van der Waals surface area contributed by atoms with Crippen molar-refractivity contribution < 1.29 is 19.2 Å². The van der Waals surface area contributed by atoms with E-state index in [0.717, 1.165) is 6.42 Å². The van der Waals surface area contributed by atoms with Crippen LogP contribution >= 0.6 is 0 Å². The van der Waals surface area contributed by atoms with Gasteiger partial charge in [0.25, 0.3) is 0 Å². The maximum Gasteiger partial charge on any atom is 0.334 e. The molecule has 0 aromatic heterocycles. The van der Waals surface area contributed by atoms with Crippen LogP contribution in [0.15, 0.2) is 0 Å². The first-order valence-electron chi connectivity index (χ1n) is 4.17. The van der Waals surface area contributed by atoms with E-state index in [4.69, 9.17) is 10.6 Å². The van der Waals surface area contributed by atoms with Crippen molar-refractivity contribution in [1.29, 1.82) is 0 Å². The maximum absolute atomic E-state index is 11.2. The Kier molecular flexibility index (Phi) is 1.46. The van der Waals surface area contributed by atoms with Gasteiger partial charge in [-0.1, -0.05) is 0 Å². The molecule has 0 radical (unpaired) electrons. The molecule has 0 heterocycles. The summed E-state index contributed by atoms with van der Waals surface area (Å²) in [6.45, 7) is 1.34. The molecule has 5 nitrogen and oxygen atoms in total. The lowest BCUT2D eigenvalue weighted by Gasteiger charge is -2.31. The fourth-order valence-electron chi connectivity index (χ4n) is 2.26. The monoisotopic (exact) mass is 185 g/mol. The molecule has 2 aliphatic rings. The van der Waals surface area contributed by atoms with Gasteiger partial charge in [-0.05, 0) is 12.8 Å². The second kappa shape index (κ2) is 2.23. The molecule has 0 aromatic rings. The average Bonchev–Trinajstić information content (AvgIpc) is 2.50. The van der Waals surface area contributed by atoms with Crippen molar-refractivity contribution in [3.05, 3.63) is 0 Å². The zero-order valence-corrected chi connectivity index (χ0v) is 7.33. The first-order chi connectivity index (χ1) is 6.06. The molecule has 72 valence electrons. The second-order valence-corrected chi connectivity index (χ2v) is 3.75. The summed E-state index contributed by atoms with van der Waals surface area (Å²) >= 11 is 0. The topological polar surface area (TPSA) is 78.6 Å². The zero-order valence-electron chi connectivity index (χ0n) is 7.33. The Morgan fingerprint density at radius 3 is 2.46 bits per heavy atom. The minimum absolute atomic E-state index is 0.355. The van der Waals surface area contributed by atoms with Gasteiger partial charge in [0, 0.05) is 13.3 Å². The van der Waals surface area contributed by atoms with Crippen LogP contribution in [0.2, 0.25) is 0 Å². The van der Waals surface area contributed by atoms with E-state index in [0.29, 0.717) is 12.8 Å². The predicted octanol–water partition coefficient (Wildman–Crippen LogP) is -0.111. The standard InChI is InChI=1S/C8H11NO4/c1-5(10)12-8-3-2-7(8,4-8)6(11)13-9/h2-4,9H2,1H3. The third-order valence-corrected chi connectivity index (χ3v) is 3.13. The number of carbonyl (C=O) groups is 2. The highest BCUT2D eigenvalue weighted by molar-refractivity contribution is 5.86. The summed E-state index contributed by atoms with van der Waals surface area (Å²) in [6.07, 6.45) is 2.01. The molecule has 0 bridgehead atoms. The smallest absolute Gasteiger partial charge is 0.334 e. The normalized spacial score (nSPS) is 39.8. The molecule has 2 fully saturated rings. The van der Waals surface area contributed by atoms with Crippen LogP contribution in [0.25, 0.3) is 0 Å².